The lowest BCUT2D eigenvalue weighted by molar-refractivity contribution is 0.658. The van der Waals surface area contributed by atoms with Gasteiger partial charge in [0.05, 0.1) is 0 Å². The van der Waals surface area contributed by atoms with Gasteiger partial charge in [0.15, 0.2) is 0 Å². The van der Waals surface area contributed by atoms with E-state index < -0.39 is 0 Å². The fourth-order valence-electron chi connectivity index (χ4n) is 1.50. The van der Waals surface area contributed by atoms with Gasteiger partial charge >= 0.3 is 0 Å². The summed E-state index contributed by atoms with van der Waals surface area (Å²) in [6.45, 7) is 5.44. The molecular formula is C10H17N. The molecule has 0 amide bonds. The Kier molecular flexibility index (Phi) is 3.21. The molecule has 1 nitrogen and oxygen atoms in total. The molecule has 1 aliphatic rings. The van der Waals surface area contributed by atoms with Crippen molar-refractivity contribution >= 4 is 0 Å². The van der Waals surface area contributed by atoms with Gasteiger partial charge in [-0.05, 0) is 37.8 Å². The highest BCUT2D eigenvalue weighted by Gasteiger charge is 2.06. The molecule has 0 aromatic carbocycles. The van der Waals surface area contributed by atoms with Gasteiger partial charge in [0, 0.05) is 12.2 Å². The molecule has 0 atom stereocenters. The van der Waals surface area contributed by atoms with E-state index in [4.69, 9.17) is 0 Å². The van der Waals surface area contributed by atoms with Crippen molar-refractivity contribution in [2.45, 2.75) is 33.1 Å². The van der Waals surface area contributed by atoms with Crippen LogP contribution in [0.3, 0.4) is 0 Å². The van der Waals surface area contributed by atoms with E-state index in [1.807, 2.05) is 0 Å². The Bertz CT molecular complexity index is 177. The van der Waals surface area contributed by atoms with Crippen LogP contribution in [0.5, 0.6) is 0 Å². The second-order valence-electron chi connectivity index (χ2n) is 2.90. The Labute approximate surface area is 69.2 Å². The van der Waals surface area contributed by atoms with Gasteiger partial charge in [0.25, 0.3) is 0 Å². The molecule has 0 saturated carbocycles. The summed E-state index contributed by atoms with van der Waals surface area (Å²) >= 11 is 0. The first-order valence-corrected chi connectivity index (χ1v) is 4.47. The molecule has 0 aromatic rings. The minimum Gasteiger partial charge on any atom is -0.385 e. The molecule has 0 fully saturated rings. The van der Waals surface area contributed by atoms with Gasteiger partial charge in [-0.2, -0.15) is 0 Å². The van der Waals surface area contributed by atoms with Gasteiger partial charge in [-0.15, -0.1) is 0 Å². The summed E-state index contributed by atoms with van der Waals surface area (Å²) in [5.74, 6) is 0. The fraction of sp³-hybridized carbons (Fsp3) is 0.600. The van der Waals surface area contributed by atoms with Gasteiger partial charge in [-0.1, -0.05) is 13.0 Å². The van der Waals surface area contributed by atoms with Crippen LogP contribution < -0.4 is 5.32 Å². The Morgan fingerprint density at radius 1 is 1.55 bits per heavy atom. The molecule has 1 heterocycles. The number of nitrogens with one attached hydrogen (secondary N) is 1. The van der Waals surface area contributed by atoms with Gasteiger partial charge in [-0.25, -0.2) is 0 Å². The highest BCUT2D eigenvalue weighted by atomic mass is 14.9. The number of allylic oxidation sites excluding steroid dienone is 3. The van der Waals surface area contributed by atoms with Crippen LogP contribution in [0.15, 0.2) is 23.4 Å². The molecule has 0 bridgehead atoms. The van der Waals surface area contributed by atoms with E-state index >= 15 is 0 Å². The van der Waals surface area contributed by atoms with Crippen molar-refractivity contribution < 1.29 is 0 Å². The van der Waals surface area contributed by atoms with Crippen LogP contribution in [-0.4, -0.2) is 6.54 Å². The average Bonchev–Trinajstić information content (AvgIpc) is 2.06. The molecule has 62 valence electrons. The molecule has 0 unspecified atom stereocenters. The van der Waals surface area contributed by atoms with E-state index in [-0.39, 0.29) is 0 Å². The van der Waals surface area contributed by atoms with Crippen molar-refractivity contribution in [3.05, 3.63) is 23.4 Å². The second-order valence-corrected chi connectivity index (χ2v) is 2.90. The maximum atomic E-state index is 3.41. The van der Waals surface area contributed by atoms with Crippen LogP contribution in [0.1, 0.15) is 33.1 Å². The van der Waals surface area contributed by atoms with Gasteiger partial charge in [0.1, 0.15) is 0 Å². The SMILES string of the molecule is C/C=C\C1=C(CC)CCCN1. The third-order valence-corrected chi connectivity index (χ3v) is 2.11. The average molecular weight is 151 g/mol. The molecule has 1 rings (SSSR count). The Hall–Kier alpha value is -0.720. The van der Waals surface area contributed by atoms with E-state index in [1.54, 1.807) is 5.57 Å². The summed E-state index contributed by atoms with van der Waals surface area (Å²) in [4.78, 5) is 0. The van der Waals surface area contributed by atoms with E-state index in [1.165, 1.54) is 25.0 Å². The molecule has 0 aromatic heterocycles. The molecule has 11 heavy (non-hydrogen) atoms. The van der Waals surface area contributed by atoms with Crippen LogP contribution in [0, 0.1) is 0 Å². The lowest BCUT2D eigenvalue weighted by Crippen LogP contribution is -2.20. The van der Waals surface area contributed by atoms with Crippen molar-refractivity contribution in [3.8, 4) is 0 Å². The van der Waals surface area contributed by atoms with Gasteiger partial charge < -0.3 is 5.32 Å². The predicted molar refractivity (Wildman–Crippen MR) is 49.4 cm³/mol. The van der Waals surface area contributed by atoms with Crippen molar-refractivity contribution in [2.24, 2.45) is 0 Å². The standard InChI is InChI=1S/C10H17N/c1-3-6-10-9(4-2)7-5-8-11-10/h3,6,11H,4-5,7-8H2,1-2H3/b6-3-. The third-order valence-electron chi connectivity index (χ3n) is 2.11. The number of rotatable bonds is 2. The summed E-state index contributed by atoms with van der Waals surface area (Å²) in [5.41, 5.74) is 2.94. The van der Waals surface area contributed by atoms with Crippen LogP contribution in [0.25, 0.3) is 0 Å². The summed E-state index contributed by atoms with van der Waals surface area (Å²) in [7, 11) is 0. The van der Waals surface area contributed by atoms with Crippen LogP contribution in [0.4, 0.5) is 0 Å². The second kappa shape index (κ2) is 4.22. The first-order chi connectivity index (χ1) is 5.38. The molecule has 0 spiro atoms. The minimum atomic E-state index is 1.14. The van der Waals surface area contributed by atoms with Gasteiger partial charge in [0.2, 0.25) is 0 Å². The largest absolute Gasteiger partial charge is 0.385 e. The van der Waals surface area contributed by atoms with Crippen molar-refractivity contribution in [3.63, 3.8) is 0 Å². The van der Waals surface area contributed by atoms with E-state index in [2.05, 4.69) is 31.3 Å². The maximum Gasteiger partial charge on any atom is 0.0328 e. The summed E-state index contributed by atoms with van der Waals surface area (Å²) < 4.78 is 0. The Morgan fingerprint density at radius 3 is 3.00 bits per heavy atom. The van der Waals surface area contributed by atoms with Crippen molar-refractivity contribution in [1.82, 2.24) is 5.32 Å². The molecule has 1 heteroatoms. The molecular weight excluding hydrogens is 134 g/mol. The molecule has 0 radical (unpaired) electrons. The minimum absolute atomic E-state index is 1.14. The van der Waals surface area contributed by atoms with E-state index in [0.717, 1.165) is 6.54 Å². The molecule has 0 saturated heterocycles. The van der Waals surface area contributed by atoms with Crippen LogP contribution in [0.2, 0.25) is 0 Å². The Balaban J connectivity index is 2.72. The quantitative estimate of drug-likeness (QED) is 0.639. The lowest BCUT2D eigenvalue weighted by atomic mass is 10.0. The zero-order valence-electron chi connectivity index (χ0n) is 7.48. The number of hydrogen-bond donors (Lipinski definition) is 1. The summed E-state index contributed by atoms with van der Waals surface area (Å²) in [5, 5.41) is 3.41. The van der Waals surface area contributed by atoms with Crippen molar-refractivity contribution in [2.75, 3.05) is 6.54 Å². The van der Waals surface area contributed by atoms with Crippen LogP contribution >= 0.6 is 0 Å². The van der Waals surface area contributed by atoms with Crippen molar-refractivity contribution in [1.29, 1.82) is 0 Å². The van der Waals surface area contributed by atoms with E-state index in [9.17, 15) is 0 Å². The summed E-state index contributed by atoms with van der Waals surface area (Å²) in [6, 6.07) is 0. The molecule has 0 aliphatic carbocycles. The molecule has 1 N–H and O–H groups in total. The zero-order chi connectivity index (χ0) is 8.10. The van der Waals surface area contributed by atoms with Gasteiger partial charge in [-0.3, -0.25) is 0 Å². The molecule has 1 aliphatic heterocycles. The summed E-state index contributed by atoms with van der Waals surface area (Å²) in [6.07, 6.45) is 8.04. The maximum absolute atomic E-state index is 3.41. The lowest BCUT2D eigenvalue weighted by Gasteiger charge is -2.18. The zero-order valence-corrected chi connectivity index (χ0v) is 7.48. The smallest absolute Gasteiger partial charge is 0.0328 e. The highest BCUT2D eigenvalue weighted by Crippen LogP contribution is 2.17. The fourth-order valence-corrected chi connectivity index (χ4v) is 1.50. The van der Waals surface area contributed by atoms with Crippen LogP contribution in [-0.2, 0) is 0 Å². The first kappa shape index (κ1) is 8.38. The Morgan fingerprint density at radius 2 is 2.36 bits per heavy atom. The third kappa shape index (κ3) is 2.11. The monoisotopic (exact) mass is 151 g/mol. The van der Waals surface area contributed by atoms with E-state index in [0.29, 0.717) is 0 Å². The normalized spacial score (nSPS) is 19.1. The highest BCUT2D eigenvalue weighted by molar-refractivity contribution is 5.25. The predicted octanol–water partition coefficient (Wildman–Crippen LogP) is 2.61. The topological polar surface area (TPSA) is 12.0 Å². The first-order valence-electron chi connectivity index (χ1n) is 4.47. The number of hydrogen-bond acceptors (Lipinski definition) is 1.